The smallest absolute Gasteiger partial charge is 0.328 e. The molecule has 0 radical (unpaired) electrons. The molecule has 2 unspecified atom stereocenters. The van der Waals surface area contributed by atoms with E-state index >= 15 is 0 Å². The van der Waals surface area contributed by atoms with Crippen LogP contribution < -0.4 is 5.32 Å². The Balaban J connectivity index is 0.000000333. The van der Waals surface area contributed by atoms with Crippen LogP contribution in [0.3, 0.4) is 0 Å². The van der Waals surface area contributed by atoms with E-state index in [-0.39, 0.29) is 5.97 Å². The van der Waals surface area contributed by atoms with Crippen LogP contribution in [0, 0.1) is 5.92 Å². The number of halogens is 1. The van der Waals surface area contributed by atoms with Gasteiger partial charge in [0.05, 0.1) is 12.5 Å². The number of nitrogens with one attached hydrogen (secondary N) is 1. The Morgan fingerprint density at radius 2 is 1.76 bits per heavy atom. The first-order valence-electron chi connectivity index (χ1n) is 7.41. The third-order valence-corrected chi connectivity index (χ3v) is 4.36. The van der Waals surface area contributed by atoms with Crippen LogP contribution >= 0.6 is 15.9 Å². The van der Waals surface area contributed by atoms with Crippen molar-refractivity contribution in [3.05, 3.63) is 46.5 Å². The molecule has 0 heterocycles. The van der Waals surface area contributed by atoms with Gasteiger partial charge in [-0.05, 0) is 43.6 Å². The van der Waals surface area contributed by atoms with Gasteiger partial charge in [-0.25, -0.2) is 9.59 Å². The molecule has 1 aliphatic carbocycles. The van der Waals surface area contributed by atoms with Gasteiger partial charge in [-0.15, -0.1) is 0 Å². The first kappa shape index (κ1) is 20.9. The number of hydrogen-bond acceptors (Lipinski definition) is 5. The number of carbonyl (C=O) groups is 3. The quantitative estimate of drug-likeness (QED) is 0.481. The summed E-state index contributed by atoms with van der Waals surface area (Å²) in [6.07, 6.45) is 1.98. The minimum Gasteiger partial charge on any atom is -0.478 e. The lowest BCUT2D eigenvalue weighted by molar-refractivity contribution is -0.144. The second-order valence-corrected chi connectivity index (χ2v) is 6.35. The maximum Gasteiger partial charge on any atom is 0.328 e. The Morgan fingerprint density at radius 3 is 2.16 bits per heavy atom. The monoisotopic (exact) mass is 413 g/mol. The highest BCUT2D eigenvalue weighted by molar-refractivity contribution is 9.10. The standard InChI is InChI=1S/C13H16BrNO2.C4H4O4/c1-15-8-10-7-13(10,12(16)17-2)9-3-5-11(14)6-4-9;5-3(6)1-2-4(7)8/h3-6,10,15H,7-8H2,1-2H3;1-2H,(H,5,6)(H,7,8)/b;2-1+. The Labute approximate surface area is 153 Å². The van der Waals surface area contributed by atoms with Crippen molar-refractivity contribution in [2.24, 2.45) is 5.92 Å². The molecule has 1 aliphatic rings. The highest BCUT2D eigenvalue weighted by atomic mass is 79.9. The summed E-state index contributed by atoms with van der Waals surface area (Å²) in [5.74, 6) is -2.30. The molecule has 8 heteroatoms. The second-order valence-electron chi connectivity index (χ2n) is 5.44. The first-order chi connectivity index (χ1) is 11.8. The zero-order chi connectivity index (χ0) is 19.0. The van der Waals surface area contributed by atoms with Gasteiger partial charge in [-0.3, -0.25) is 4.79 Å². The van der Waals surface area contributed by atoms with Gasteiger partial charge in [0.2, 0.25) is 0 Å². The molecule has 3 N–H and O–H groups in total. The fourth-order valence-corrected chi connectivity index (χ4v) is 2.88. The number of aliphatic carboxylic acids is 2. The van der Waals surface area contributed by atoms with E-state index in [1.165, 1.54) is 7.11 Å². The van der Waals surface area contributed by atoms with Gasteiger partial charge in [-0.2, -0.15) is 0 Å². The maximum absolute atomic E-state index is 12.0. The fraction of sp³-hybridized carbons (Fsp3) is 0.353. The van der Waals surface area contributed by atoms with Crippen molar-refractivity contribution >= 4 is 33.8 Å². The first-order valence-corrected chi connectivity index (χ1v) is 8.20. The third kappa shape index (κ3) is 5.68. The number of esters is 1. The highest BCUT2D eigenvalue weighted by Crippen LogP contribution is 2.54. The zero-order valence-corrected chi connectivity index (χ0v) is 15.4. The molecule has 1 fully saturated rings. The van der Waals surface area contributed by atoms with Crippen molar-refractivity contribution in [3.8, 4) is 0 Å². The predicted molar refractivity (Wildman–Crippen MR) is 94.3 cm³/mol. The van der Waals surface area contributed by atoms with Crippen LogP contribution in [-0.2, 0) is 24.5 Å². The maximum atomic E-state index is 12.0. The van der Waals surface area contributed by atoms with Crippen molar-refractivity contribution in [1.82, 2.24) is 5.32 Å². The summed E-state index contributed by atoms with van der Waals surface area (Å²) < 4.78 is 5.98. The number of methoxy groups -OCH3 is 1. The normalized spacial score (nSPS) is 21.2. The van der Waals surface area contributed by atoms with E-state index < -0.39 is 17.4 Å². The van der Waals surface area contributed by atoms with E-state index in [2.05, 4.69) is 21.2 Å². The summed E-state index contributed by atoms with van der Waals surface area (Å²) in [4.78, 5) is 31.1. The number of carbonyl (C=O) groups excluding carboxylic acids is 1. The summed E-state index contributed by atoms with van der Waals surface area (Å²) in [5, 5.41) is 18.8. The molecule has 25 heavy (non-hydrogen) atoms. The Hall–Kier alpha value is -2.19. The Bertz CT molecular complexity index is 642. The largest absolute Gasteiger partial charge is 0.478 e. The topological polar surface area (TPSA) is 113 Å². The Kier molecular flexibility index (Phi) is 7.79. The number of ether oxygens (including phenoxy) is 1. The molecule has 1 aromatic rings. The van der Waals surface area contributed by atoms with E-state index in [0.717, 1.165) is 23.0 Å². The van der Waals surface area contributed by atoms with Crippen LogP contribution in [-0.4, -0.2) is 48.8 Å². The SMILES string of the molecule is CNCC1CC1(C(=O)OC)c1ccc(Br)cc1.O=C(O)/C=C/C(=O)O. The van der Waals surface area contributed by atoms with Crippen LogP contribution in [0.4, 0.5) is 0 Å². The second kappa shape index (κ2) is 9.33. The van der Waals surface area contributed by atoms with Gasteiger partial charge in [-0.1, -0.05) is 28.1 Å². The lowest BCUT2D eigenvalue weighted by Gasteiger charge is -2.15. The van der Waals surface area contributed by atoms with Crippen molar-refractivity contribution in [2.45, 2.75) is 11.8 Å². The van der Waals surface area contributed by atoms with Crippen LogP contribution in [0.5, 0.6) is 0 Å². The van der Waals surface area contributed by atoms with Crippen LogP contribution in [0.2, 0.25) is 0 Å². The number of rotatable bonds is 6. The van der Waals surface area contributed by atoms with Crippen LogP contribution in [0.25, 0.3) is 0 Å². The van der Waals surface area contributed by atoms with Gasteiger partial charge in [0, 0.05) is 16.6 Å². The van der Waals surface area contributed by atoms with E-state index in [9.17, 15) is 14.4 Å². The van der Waals surface area contributed by atoms with Gasteiger partial charge in [0.1, 0.15) is 0 Å². The molecular formula is C17H20BrNO6. The molecule has 136 valence electrons. The molecular weight excluding hydrogens is 394 g/mol. The molecule has 2 rings (SSSR count). The van der Waals surface area contributed by atoms with Crippen LogP contribution in [0.1, 0.15) is 12.0 Å². The highest BCUT2D eigenvalue weighted by Gasteiger charge is 2.61. The molecule has 0 aromatic heterocycles. The zero-order valence-electron chi connectivity index (χ0n) is 13.9. The van der Waals surface area contributed by atoms with Gasteiger partial charge >= 0.3 is 17.9 Å². The van der Waals surface area contributed by atoms with Crippen molar-refractivity contribution in [1.29, 1.82) is 0 Å². The molecule has 1 aromatic carbocycles. The molecule has 2 atom stereocenters. The average molecular weight is 414 g/mol. The summed E-state index contributed by atoms with van der Waals surface area (Å²) in [6, 6.07) is 7.93. The molecule has 0 spiro atoms. The lowest BCUT2D eigenvalue weighted by Crippen LogP contribution is -2.27. The predicted octanol–water partition coefficient (Wildman–Crippen LogP) is 1.81. The van der Waals surface area contributed by atoms with Crippen molar-refractivity contribution in [3.63, 3.8) is 0 Å². The van der Waals surface area contributed by atoms with E-state index in [1.54, 1.807) is 0 Å². The number of carboxylic acids is 2. The molecule has 0 aliphatic heterocycles. The Morgan fingerprint density at radius 1 is 1.24 bits per heavy atom. The van der Waals surface area contributed by atoms with E-state index in [1.807, 2.05) is 31.3 Å². The van der Waals surface area contributed by atoms with Crippen molar-refractivity contribution in [2.75, 3.05) is 20.7 Å². The van der Waals surface area contributed by atoms with E-state index in [0.29, 0.717) is 18.1 Å². The summed E-state index contributed by atoms with van der Waals surface area (Å²) >= 11 is 3.40. The minimum atomic E-state index is -1.26. The minimum absolute atomic E-state index is 0.125. The number of benzene rings is 1. The van der Waals surface area contributed by atoms with Crippen LogP contribution in [0.15, 0.2) is 40.9 Å². The molecule has 0 amide bonds. The lowest BCUT2D eigenvalue weighted by atomic mass is 9.93. The summed E-state index contributed by atoms with van der Waals surface area (Å²) in [5.41, 5.74) is 0.617. The van der Waals surface area contributed by atoms with Gasteiger partial charge in [0.15, 0.2) is 0 Å². The third-order valence-electron chi connectivity index (χ3n) is 3.83. The molecule has 0 saturated heterocycles. The van der Waals surface area contributed by atoms with Crippen molar-refractivity contribution < 1.29 is 29.3 Å². The molecule has 1 saturated carbocycles. The average Bonchev–Trinajstić information content (AvgIpc) is 3.29. The fourth-order valence-electron chi connectivity index (χ4n) is 2.62. The van der Waals surface area contributed by atoms with E-state index in [4.69, 9.17) is 14.9 Å². The number of hydrogen-bond donors (Lipinski definition) is 3. The van der Waals surface area contributed by atoms with Gasteiger partial charge < -0.3 is 20.3 Å². The molecule has 7 nitrogen and oxygen atoms in total. The summed E-state index contributed by atoms with van der Waals surface area (Å²) in [7, 11) is 3.36. The van der Waals surface area contributed by atoms with Gasteiger partial charge in [0.25, 0.3) is 0 Å². The molecule has 0 bridgehead atoms. The number of carboxylic acid groups (broad SMARTS) is 2. The summed E-state index contributed by atoms with van der Waals surface area (Å²) in [6.45, 7) is 0.838.